The van der Waals surface area contributed by atoms with Gasteiger partial charge in [-0.2, -0.15) is 0 Å². The molecule has 5 heteroatoms. The van der Waals surface area contributed by atoms with E-state index in [4.69, 9.17) is 4.74 Å². The third kappa shape index (κ3) is 5.04. The molecule has 0 saturated heterocycles. The number of rotatable bonds is 7. The van der Waals surface area contributed by atoms with E-state index in [2.05, 4.69) is 5.32 Å². The number of esters is 1. The van der Waals surface area contributed by atoms with E-state index in [1.807, 2.05) is 34.6 Å². The van der Waals surface area contributed by atoms with Crippen molar-refractivity contribution in [2.45, 2.75) is 53.1 Å². The molecule has 5 nitrogen and oxygen atoms in total. The molecule has 0 unspecified atom stereocenters. The molecule has 0 atom stereocenters. The molecule has 0 saturated carbocycles. The Hall–Kier alpha value is -1.10. The maximum Gasteiger partial charge on any atom is 0.325 e. The third-order valence-corrected chi connectivity index (χ3v) is 2.64. The zero-order chi connectivity index (χ0) is 14.3. The first kappa shape index (κ1) is 16.9. The first-order chi connectivity index (χ1) is 8.26. The van der Waals surface area contributed by atoms with Crippen molar-refractivity contribution >= 4 is 11.9 Å². The van der Waals surface area contributed by atoms with Crippen LogP contribution >= 0.6 is 0 Å². The fourth-order valence-corrected chi connectivity index (χ4v) is 1.71. The minimum absolute atomic E-state index is 0.000829. The van der Waals surface area contributed by atoms with Crippen LogP contribution in [0.3, 0.4) is 0 Å². The summed E-state index contributed by atoms with van der Waals surface area (Å²) in [6.45, 7) is 12.1. The van der Waals surface area contributed by atoms with E-state index in [1.54, 1.807) is 11.8 Å². The molecule has 0 radical (unpaired) electrons. The van der Waals surface area contributed by atoms with Crippen LogP contribution in [-0.2, 0) is 14.3 Å². The van der Waals surface area contributed by atoms with Gasteiger partial charge in [0.2, 0.25) is 5.91 Å². The number of hydrogen-bond acceptors (Lipinski definition) is 4. The Labute approximate surface area is 110 Å². The average Bonchev–Trinajstić information content (AvgIpc) is 2.24. The summed E-state index contributed by atoms with van der Waals surface area (Å²) in [4.78, 5) is 25.4. The quantitative estimate of drug-likeness (QED) is 0.697. The van der Waals surface area contributed by atoms with Crippen molar-refractivity contribution in [2.24, 2.45) is 0 Å². The largest absolute Gasteiger partial charge is 0.465 e. The van der Waals surface area contributed by atoms with E-state index >= 15 is 0 Å². The van der Waals surface area contributed by atoms with E-state index < -0.39 is 5.54 Å². The number of nitrogens with zero attached hydrogens (tertiary/aromatic N) is 1. The summed E-state index contributed by atoms with van der Waals surface area (Å²) in [5.41, 5.74) is -0.675. The van der Waals surface area contributed by atoms with Crippen LogP contribution in [-0.4, -0.2) is 48.1 Å². The molecular formula is C13H26N2O3. The first-order valence-electron chi connectivity index (χ1n) is 6.48. The van der Waals surface area contributed by atoms with Crippen LogP contribution in [0.1, 0.15) is 41.5 Å². The van der Waals surface area contributed by atoms with Crippen LogP contribution in [0.15, 0.2) is 0 Å². The summed E-state index contributed by atoms with van der Waals surface area (Å²) in [6, 6.07) is -0.0418. The van der Waals surface area contributed by atoms with Crippen LogP contribution in [0.25, 0.3) is 0 Å². The molecule has 0 aliphatic rings. The molecule has 0 spiro atoms. The Morgan fingerprint density at radius 3 is 2.22 bits per heavy atom. The van der Waals surface area contributed by atoms with Crippen molar-refractivity contribution in [3.63, 3.8) is 0 Å². The fraction of sp³-hybridized carbons (Fsp3) is 0.846. The Morgan fingerprint density at radius 1 is 1.28 bits per heavy atom. The Balaban J connectivity index is 4.79. The van der Waals surface area contributed by atoms with Gasteiger partial charge < -0.3 is 15.0 Å². The molecule has 106 valence electrons. The summed E-state index contributed by atoms with van der Waals surface area (Å²) in [5, 5.41) is 3.12. The van der Waals surface area contributed by atoms with Gasteiger partial charge >= 0.3 is 5.97 Å². The van der Waals surface area contributed by atoms with Gasteiger partial charge in [-0.15, -0.1) is 0 Å². The molecule has 0 heterocycles. The van der Waals surface area contributed by atoms with Crippen LogP contribution in [0.2, 0.25) is 0 Å². The molecule has 1 N–H and O–H groups in total. The number of hydrogen-bond donors (Lipinski definition) is 1. The molecular weight excluding hydrogens is 232 g/mol. The van der Waals surface area contributed by atoms with Gasteiger partial charge in [-0.05, 0) is 41.2 Å². The zero-order valence-corrected chi connectivity index (χ0v) is 12.4. The third-order valence-electron chi connectivity index (χ3n) is 2.64. The molecule has 0 fully saturated rings. The highest BCUT2D eigenvalue weighted by molar-refractivity contribution is 5.88. The number of carbonyl (C=O) groups is 2. The van der Waals surface area contributed by atoms with Gasteiger partial charge in [-0.3, -0.25) is 9.59 Å². The number of ether oxygens (including phenoxy) is 1. The first-order valence-corrected chi connectivity index (χ1v) is 6.48. The predicted molar refractivity (Wildman–Crippen MR) is 71.2 cm³/mol. The summed E-state index contributed by atoms with van der Waals surface area (Å²) in [7, 11) is 0. The van der Waals surface area contributed by atoms with E-state index in [9.17, 15) is 9.59 Å². The Morgan fingerprint density at radius 2 is 1.83 bits per heavy atom. The predicted octanol–water partition coefficient (Wildman–Crippen LogP) is 1.17. The molecule has 0 aliphatic carbocycles. The smallest absolute Gasteiger partial charge is 0.325 e. The molecule has 1 amide bonds. The second-order valence-electron chi connectivity index (χ2n) is 4.99. The maximum atomic E-state index is 12.4. The minimum Gasteiger partial charge on any atom is -0.465 e. The summed E-state index contributed by atoms with van der Waals surface area (Å²) in [6.07, 6.45) is 0. The second-order valence-corrected chi connectivity index (χ2v) is 4.99. The SMILES string of the molecule is CCNC(C)(C)C(=O)N(CC(=O)OCC)C(C)C. The van der Waals surface area contributed by atoms with Crippen molar-refractivity contribution in [2.75, 3.05) is 19.7 Å². The Bertz CT molecular complexity index is 288. The number of amides is 1. The van der Waals surface area contributed by atoms with Crippen molar-refractivity contribution in [3.05, 3.63) is 0 Å². The summed E-state index contributed by atoms with van der Waals surface area (Å²) in [5.74, 6) is -0.459. The molecule has 0 bridgehead atoms. The fourth-order valence-electron chi connectivity index (χ4n) is 1.71. The lowest BCUT2D eigenvalue weighted by Crippen LogP contribution is -2.56. The molecule has 18 heavy (non-hydrogen) atoms. The number of likely N-dealkylation sites (N-methyl/N-ethyl adjacent to an activating group) is 1. The molecule has 0 aromatic heterocycles. The molecule has 0 aromatic carbocycles. The van der Waals surface area contributed by atoms with E-state index in [0.717, 1.165) is 0 Å². The van der Waals surface area contributed by atoms with Gasteiger partial charge in [0.05, 0.1) is 12.1 Å². The van der Waals surface area contributed by atoms with Crippen LogP contribution in [0, 0.1) is 0 Å². The molecule has 0 rings (SSSR count). The standard InChI is InChI=1S/C13H26N2O3/c1-7-14-13(5,6)12(17)15(10(3)4)9-11(16)18-8-2/h10,14H,7-9H2,1-6H3. The topological polar surface area (TPSA) is 58.6 Å². The highest BCUT2D eigenvalue weighted by Crippen LogP contribution is 2.11. The molecule has 0 aromatic rings. The lowest BCUT2D eigenvalue weighted by atomic mass is 10.0. The van der Waals surface area contributed by atoms with E-state index in [1.165, 1.54) is 0 Å². The average molecular weight is 258 g/mol. The van der Waals surface area contributed by atoms with Gasteiger partial charge in [0.25, 0.3) is 0 Å². The van der Waals surface area contributed by atoms with Crippen molar-refractivity contribution in [3.8, 4) is 0 Å². The normalized spacial score (nSPS) is 11.5. The van der Waals surface area contributed by atoms with Crippen LogP contribution < -0.4 is 5.32 Å². The van der Waals surface area contributed by atoms with Crippen molar-refractivity contribution in [1.82, 2.24) is 10.2 Å². The van der Waals surface area contributed by atoms with E-state index in [0.29, 0.717) is 13.2 Å². The summed E-state index contributed by atoms with van der Waals surface area (Å²) >= 11 is 0. The lowest BCUT2D eigenvalue weighted by Gasteiger charge is -2.34. The maximum absolute atomic E-state index is 12.4. The minimum atomic E-state index is -0.675. The van der Waals surface area contributed by atoms with Gasteiger partial charge in [0.15, 0.2) is 0 Å². The van der Waals surface area contributed by atoms with Crippen molar-refractivity contribution in [1.29, 1.82) is 0 Å². The van der Waals surface area contributed by atoms with Crippen LogP contribution in [0.4, 0.5) is 0 Å². The van der Waals surface area contributed by atoms with Gasteiger partial charge in [-0.1, -0.05) is 6.92 Å². The van der Waals surface area contributed by atoms with Gasteiger partial charge in [0.1, 0.15) is 6.54 Å². The van der Waals surface area contributed by atoms with E-state index in [-0.39, 0.29) is 24.5 Å². The number of nitrogens with one attached hydrogen (secondary N) is 1. The zero-order valence-electron chi connectivity index (χ0n) is 12.4. The van der Waals surface area contributed by atoms with Gasteiger partial charge in [-0.25, -0.2) is 0 Å². The van der Waals surface area contributed by atoms with Crippen LogP contribution in [0.5, 0.6) is 0 Å². The highest BCUT2D eigenvalue weighted by Gasteiger charge is 2.33. The number of carbonyl (C=O) groups excluding carboxylic acids is 2. The highest BCUT2D eigenvalue weighted by atomic mass is 16.5. The summed E-state index contributed by atoms with van der Waals surface area (Å²) < 4.78 is 4.89. The van der Waals surface area contributed by atoms with Crippen molar-refractivity contribution < 1.29 is 14.3 Å². The monoisotopic (exact) mass is 258 g/mol. The Kier molecular flexibility index (Phi) is 6.91. The second kappa shape index (κ2) is 7.36. The molecule has 0 aliphatic heterocycles. The lowest BCUT2D eigenvalue weighted by molar-refractivity contribution is -0.152. The van der Waals surface area contributed by atoms with Gasteiger partial charge in [0, 0.05) is 6.04 Å².